The van der Waals surface area contributed by atoms with Gasteiger partial charge in [0.25, 0.3) is 0 Å². The first-order valence-electron chi connectivity index (χ1n) is 3.77. The summed E-state index contributed by atoms with van der Waals surface area (Å²) in [6.07, 6.45) is 2.91. The second-order valence-electron chi connectivity index (χ2n) is 2.50. The van der Waals surface area contributed by atoms with Crippen LogP contribution in [0.2, 0.25) is 0 Å². The Bertz CT molecular complexity index is 417. The third-order valence-electron chi connectivity index (χ3n) is 1.59. The molecule has 0 fully saturated rings. The second-order valence-corrected chi connectivity index (χ2v) is 2.50. The summed E-state index contributed by atoms with van der Waals surface area (Å²) < 4.78 is 0. The zero-order valence-electron chi connectivity index (χ0n) is 7.44. The van der Waals surface area contributed by atoms with Gasteiger partial charge in [-0.15, -0.1) is 5.26 Å². The number of rotatable bonds is 3. The number of anilines is 1. The van der Waals surface area contributed by atoms with Gasteiger partial charge in [-0.3, -0.25) is 0 Å². The van der Waals surface area contributed by atoms with Crippen LogP contribution in [-0.4, -0.2) is 6.08 Å². The molecule has 5 heteroatoms. The van der Waals surface area contributed by atoms with Crippen LogP contribution in [0.3, 0.4) is 0 Å². The van der Waals surface area contributed by atoms with Crippen molar-refractivity contribution in [3.8, 4) is 6.26 Å². The highest BCUT2D eigenvalue weighted by atomic mass is 16.6. The van der Waals surface area contributed by atoms with E-state index in [9.17, 15) is 4.79 Å². The summed E-state index contributed by atoms with van der Waals surface area (Å²) in [4.78, 5) is 17.9. The summed E-state index contributed by atoms with van der Waals surface area (Å²) in [6, 6.07) is 5.04. The van der Waals surface area contributed by atoms with E-state index in [4.69, 9.17) is 5.26 Å². The van der Waals surface area contributed by atoms with Gasteiger partial charge in [0.2, 0.25) is 6.08 Å². The quantitative estimate of drug-likeness (QED) is 0.340. The molecule has 0 bridgehead atoms. The molecule has 5 nitrogen and oxygen atoms in total. The van der Waals surface area contributed by atoms with Crippen LogP contribution in [0.25, 0.3) is 0 Å². The minimum Gasteiger partial charge on any atom is -0.302 e. The van der Waals surface area contributed by atoms with Crippen molar-refractivity contribution in [1.82, 2.24) is 0 Å². The number of hydrogen-bond acceptors (Lipinski definition) is 5. The molecule has 70 valence electrons. The Morgan fingerprint density at radius 3 is 3.00 bits per heavy atom. The van der Waals surface area contributed by atoms with Gasteiger partial charge in [-0.1, -0.05) is 6.07 Å². The van der Waals surface area contributed by atoms with E-state index in [1.807, 2.05) is 6.92 Å². The number of carbonyl (C=O) groups excluding carboxylic acids is 1. The Balaban J connectivity index is 2.95. The van der Waals surface area contributed by atoms with Gasteiger partial charge in [0.15, 0.2) is 0 Å². The average molecular weight is 189 g/mol. The molecule has 1 aromatic rings. The molecular formula is C9H7N3O2. The average Bonchev–Trinajstić information content (AvgIpc) is 2.19. The van der Waals surface area contributed by atoms with Gasteiger partial charge < -0.3 is 4.84 Å². The predicted molar refractivity (Wildman–Crippen MR) is 49.3 cm³/mol. The van der Waals surface area contributed by atoms with Gasteiger partial charge in [0, 0.05) is 0 Å². The maximum Gasteiger partial charge on any atom is 0.314 e. The maximum atomic E-state index is 10.1. The molecule has 0 aliphatic rings. The highest BCUT2D eigenvalue weighted by Crippen LogP contribution is 2.22. The molecule has 0 amide bonds. The Kier molecular flexibility index (Phi) is 3.25. The number of benzene rings is 1. The zero-order valence-corrected chi connectivity index (χ0v) is 7.44. The number of aryl methyl sites for hydroxylation is 1. The summed E-state index contributed by atoms with van der Waals surface area (Å²) in [7, 11) is 0. The van der Waals surface area contributed by atoms with E-state index >= 15 is 0 Å². The van der Waals surface area contributed by atoms with E-state index in [-0.39, 0.29) is 0 Å². The first-order chi connectivity index (χ1) is 6.77. The van der Waals surface area contributed by atoms with Gasteiger partial charge in [-0.25, -0.2) is 10.3 Å². The molecular weight excluding hydrogens is 182 g/mol. The van der Waals surface area contributed by atoms with Crippen LogP contribution >= 0.6 is 0 Å². The minimum atomic E-state index is 0.492. The van der Waals surface area contributed by atoms with Gasteiger partial charge in [-0.05, 0) is 24.6 Å². The Morgan fingerprint density at radius 1 is 1.57 bits per heavy atom. The van der Waals surface area contributed by atoms with Crippen molar-refractivity contribution in [2.24, 2.45) is 4.99 Å². The van der Waals surface area contributed by atoms with E-state index in [1.165, 1.54) is 12.3 Å². The van der Waals surface area contributed by atoms with E-state index in [0.29, 0.717) is 11.4 Å². The summed E-state index contributed by atoms with van der Waals surface area (Å²) in [5, 5.41) is 8.13. The van der Waals surface area contributed by atoms with E-state index in [1.54, 1.807) is 18.2 Å². The third kappa shape index (κ3) is 2.34. The fraction of sp³-hybridized carbons (Fsp3) is 0.111. The van der Waals surface area contributed by atoms with E-state index in [0.717, 1.165) is 5.56 Å². The molecule has 0 saturated carbocycles. The number of aliphatic imine (C=N–C) groups is 1. The highest BCUT2D eigenvalue weighted by molar-refractivity contribution is 5.60. The monoisotopic (exact) mass is 189 g/mol. The molecule has 0 saturated heterocycles. The van der Waals surface area contributed by atoms with Crippen LogP contribution in [0.5, 0.6) is 0 Å². The largest absolute Gasteiger partial charge is 0.314 e. The lowest BCUT2D eigenvalue weighted by Crippen LogP contribution is -1.94. The molecule has 1 N–H and O–H groups in total. The topological polar surface area (TPSA) is 74.5 Å². The van der Waals surface area contributed by atoms with Gasteiger partial charge in [0.1, 0.15) is 0 Å². The molecule has 1 aromatic carbocycles. The fourth-order valence-electron chi connectivity index (χ4n) is 0.924. The first-order valence-corrected chi connectivity index (χ1v) is 3.77. The lowest BCUT2D eigenvalue weighted by atomic mass is 10.2. The van der Waals surface area contributed by atoms with Gasteiger partial charge >= 0.3 is 6.26 Å². The molecule has 0 radical (unpaired) electrons. The minimum absolute atomic E-state index is 0.492. The number of isocyanates is 1. The molecule has 0 aliphatic heterocycles. The normalized spacial score (nSPS) is 8.29. The van der Waals surface area contributed by atoms with Crippen LogP contribution in [0.4, 0.5) is 11.4 Å². The second kappa shape index (κ2) is 4.65. The van der Waals surface area contributed by atoms with Crippen molar-refractivity contribution in [3.05, 3.63) is 23.8 Å². The maximum absolute atomic E-state index is 10.1. The molecule has 0 spiro atoms. The van der Waals surface area contributed by atoms with Crippen molar-refractivity contribution >= 4 is 17.5 Å². The number of nitriles is 1. The standard InChI is InChI=1S/C9H7N3O2/c1-7-2-3-8(12-14-5-10)4-9(7)11-6-13/h2-4,12H,1H3. The predicted octanol–water partition coefficient (Wildman–Crippen LogP) is 1.79. The smallest absolute Gasteiger partial charge is 0.302 e. The molecule has 0 aromatic heterocycles. The van der Waals surface area contributed by atoms with E-state index in [2.05, 4.69) is 15.3 Å². The van der Waals surface area contributed by atoms with Crippen molar-refractivity contribution in [2.75, 3.05) is 5.48 Å². The molecule has 0 heterocycles. The zero-order chi connectivity index (χ0) is 10.4. The van der Waals surface area contributed by atoms with Crippen LogP contribution < -0.4 is 5.48 Å². The molecule has 0 unspecified atom stereocenters. The van der Waals surface area contributed by atoms with Crippen molar-refractivity contribution < 1.29 is 9.63 Å². The van der Waals surface area contributed by atoms with Crippen molar-refractivity contribution in [2.45, 2.75) is 6.92 Å². The summed E-state index contributed by atoms with van der Waals surface area (Å²) in [5.74, 6) is 0. The Labute approximate surface area is 80.6 Å². The molecule has 0 aliphatic carbocycles. The lowest BCUT2D eigenvalue weighted by molar-refractivity contribution is 0.354. The first kappa shape index (κ1) is 9.78. The summed E-state index contributed by atoms with van der Waals surface area (Å²) in [6.45, 7) is 1.81. The number of hydrogen-bond donors (Lipinski definition) is 1. The highest BCUT2D eigenvalue weighted by Gasteiger charge is 1.98. The molecule has 1 rings (SSSR count). The van der Waals surface area contributed by atoms with E-state index < -0.39 is 0 Å². The lowest BCUT2D eigenvalue weighted by Gasteiger charge is -2.03. The molecule has 14 heavy (non-hydrogen) atoms. The van der Waals surface area contributed by atoms with Crippen LogP contribution in [0, 0.1) is 18.4 Å². The van der Waals surface area contributed by atoms with Crippen LogP contribution in [-0.2, 0) is 9.63 Å². The molecule has 0 atom stereocenters. The Hall–Kier alpha value is -2.31. The van der Waals surface area contributed by atoms with Gasteiger partial charge in [-0.2, -0.15) is 4.99 Å². The summed E-state index contributed by atoms with van der Waals surface area (Å²) in [5.41, 5.74) is 4.25. The number of nitrogens with zero attached hydrogens (tertiary/aromatic N) is 2. The SMILES string of the molecule is Cc1ccc(NOC#N)cc1N=C=O. The van der Waals surface area contributed by atoms with Crippen LogP contribution in [0.15, 0.2) is 23.2 Å². The van der Waals surface area contributed by atoms with Crippen molar-refractivity contribution in [3.63, 3.8) is 0 Å². The van der Waals surface area contributed by atoms with Crippen molar-refractivity contribution in [1.29, 1.82) is 5.26 Å². The summed E-state index contributed by atoms with van der Waals surface area (Å²) >= 11 is 0. The van der Waals surface area contributed by atoms with Crippen LogP contribution in [0.1, 0.15) is 5.56 Å². The Morgan fingerprint density at radius 2 is 2.36 bits per heavy atom. The van der Waals surface area contributed by atoms with Gasteiger partial charge in [0.05, 0.1) is 11.4 Å². The third-order valence-corrected chi connectivity index (χ3v) is 1.59. The number of nitrogens with one attached hydrogen (secondary N) is 1. The fourth-order valence-corrected chi connectivity index (χ4v) is 0.924.